The van der Waals surface area contributed by atoms with Gasteiger partial charge in [0.2, 0.25) is 5.91 Å². The lowest BCUT2D eigenvalue weighted by molar-refractivity contribution is -0.132. The Bertz CT molecular complexity index is 1050. The largest absolute Gasteiger partial charge is 0.303 e. The minimum Gasteiger partial charge on any atom is -0.303 e. The summed E-state index contributed by atoms with van der Waals surface area (Å²) in [7, 11) is 0. The minimum absolute atomic E-state index is 0.189. The quantitative estimate of drug-likeness (QED) is 0.624. The summed E-state index contributed by atoms with van der Waals surface area (Å²) in [5.74, 6) is -1.16. The number of hydrogen-bond acceptors (Lipinski definition) is 5. The number of carbonyl (C=O) groups excluding carboxylic acids is 3. The van der Waals surface area contributed by atoms with Crippen molar-refractivity contribution < 1.29 is 14.4 Å². The fourth-order valence-electron chi connectivity index (χ4n) is 3.20. The molecule has 2 aromatic carbocycles. The van der Waals surface area contributed by atoms with Gasteiger partial charge in [0.15, 0.2) is 4.32 Å². The van der Waals surface area contributed by atoms with Crippen LogP contribution in [-0.2, 0) is 20.9 Å². The minimum atomic E-state index is -0.495. The number of thiocarbonyl (C=S) groups is 1. The number of anilines is 1. The van der Waals surface area contributed by atoms with Crippen molar-refractivity contribution in [2.75, 3.05) is 4.90 Å². The monoisotopic (exact) mass is 409 g/mol. The highest BCUT2D eigenvalue weighted by molar-refractivity contribution is 8.26. The number of para-hydroxylation sites is 1. The predicted molar refractivity (Wildman–Crippen MR) is 112 cm³/mol. The van der Waals surface area contributed by atoms with Crippen LogP contribution in [0.4, 0.5) is 5.69 Å². The van der Waals surface area contributed by atoms with E-state index in [0.29, 0.717) is 17.7 Å². The van der Waals surface area contributed by atoms with Crippen LogP contribution in [0.5, 0.6) is 0 Å². The molecule has 0 bridgehead atoms. The van der Waals surface area contributed by atoms with E-state index >= 15 is 0 Å². The molecule has 3 amide bonds. The van der Waals surface area contributed by atoms with Crippen molar-refractivity contribution in [2.45, 2.75) is 13.5 Å². The zero-order valence-corrected chi connectivity index (χ0v) is 16.5. The Morgan fingerprint density at radius 1 is 1.04 bits per heavy atom. The molecule has 8 heteroatoms. The lowest BCUT2D eigenvalue weighted by Gasteiger charge is -2.17. The summed E-state index contributed by atoms with van der Waals surface area (Å²) < 4.78 is 0.189. The molecule has 6 nitrogen and oxygen atoms in total. The molecule has 0 aliphatic carbocycles. The van der Waals surface area contributed by atoms with Crippen LogP contribution in [-0.4, -0.2) is 27.1 Å². The topological polar surface area (TPSA) is 69.7 Å². The average molecular weight is 409 g/mol. The maximum atomic E-state index is 13.3. The highest BCUT2D eigenvalue weighted by Crippen LogP contribution is 2.44. The lowest BCUT2D eigenvalue weighted by Crippen LogP contribution is -2.43. The number of nitrogens with zero attached hydrogens (tertiary/aromatic N) is 2. The van der Waals surface area contributed by atoms with E-state index < -0.39 is 11.8 Å². The van der Waals surface area contributed by atoms with E-state index in [9.17, 15) is 14.4 Å². The van der Waals surface area contributed by atoms with Crippen molar-refractivity contribution in [3.63, 3.8) is 0 Å². The second-order valence-corrected chi connectivity index (χ2v) is 7.92. The molecule has 1 fully saturated rings. The van der Waals surface area contributed by atoms with E-state index in [1.165, 1.54) is 6.92 Å². The van der Waals surface area contributed by atoms with Gasteiger partial charge in [-0.25, -0.2) is 0 Å². The van der Waals surface area contributed by atoms with E-state index in [4.69, 9.17) is 12.2 Å². The molecule has 1 saturated heterocycles. The first-order valence-electron chi connectivity index (χ1n) is 8.50. The number of nitrogens with one attached hydrogen (secondary N) is 1. The standard InChI is InChI=1S/C20H15N3O3S2/c1-12(24)21-23-19(26)17(28-20(23)27)16-14-9-5-6-10-15(14)22(18(16)25)11-13-7-3-2-4-8-13/h2-10H,11H2,1H3,(H,21,24)/b17-16+. The van der Waals surface area contributed by atoms with Gasteiger partial charge < -0.3 is 4.90 Å². The van der Waals surface area contributed by atoms with Gasteiger partial charge in [0, 0.05) is 12.5 Å². The van der Waals surface area contributed by atoms with Gasteiger partial charge in [-0.3, -0.25) is 19.8 Å². The van der Waals surface area contributed by atoms with Crippen molar-refractivity contribution in [3.05, 3.63) is 70.6 Å². The molecule has 0 radical (unpaired) electrons. The summed E-state index contributed by atoms with van der Waals surface area (Å²) in [6.45, 7) is 1.69. The Balaban J connectivity index is 1.77. The number of amides is 3. The first kappa shape index (κ1) is 18.4. The maximum Gasteiger partial charge on any atom is 0.286 e. The molecule has 2 heterocycles. The van der Waals surface area contributed by atoms with Gasteiger partial charge in [-0.1, -0.05) is 60.3 Å². The molecule has 2 aromatic rings. The number of hydrazine groups is 1. The van der Waals surface area contributed by atoms with Gasteiger partial charge in [-0.05, 0) is 23.8 Å². The summed E-state index contributed by atoms with van der Waals surface area (Å²) in [6.07, 6.45) is 0. The molecule has 2 aliphatic heterocycles. The van der Waals surface area contributed by atoms with E-state index in [-0.39, 0.29) is 15.1 Å². The third-order valence-corrected chi connectivity index (χ3v) is 5.74. The maximum absolute atomic E-state index is 13.3. The Kier molecular flexibility index (Phi) is 4.74. The second kappa shape index (κ2) is 7.21. The number of hydrogen-bond donors (Lipinski definition) is 1. The summed E-state index contributed by atoms with van der Waals surface area (Å²) in [6, 6.07) is 17.0. The summed E-state index contributed by atoms with van der Waals surface area (Å²) in [5.41, 5.74) is 5.14. The average Bonchev–Trinajstić information content (AvgIpc) is 3.10. The van der Waals surface area contributed by atoms with Gasteiger partial charge in [-0.15, -0.1) is 0 Å². The Morgan fingerprint density at radius 2 is 1.71 bits per heavy atom. The van der Waals surface area contributed by atoms with E-state index in [0.717, 1.165) is 28.0 Å². The first-order chi connectivity index (χ1) is 13.5. The molecule has 28 heavy (non-hydrogen) atoms. The first-order valence-corrected chi connectivity index (χ1v) is 9.73. The van der Waals surface area contributed by atoms with Crippen molar-refractivity contribution in [2.24, 2.45) is 0 Å². The molecule has 0 aromatic heterocycles. The second-order valence-electron chi connectivity index (χ2n) is 6.27. The van der Waals surface area contributed by atoms with Gasteiger partial charge in [0.25, 0.3) is 11.8 Å². The van der Waals surface area contributed by atoms with Gasteiger partial charge >= 0.3 is 0 Å². The molecule has 0 unspecified atom stereocenters. The summed E-state index contributed by atoms with van der Waals surface area (Å²) in [5, 5.41) is 1.01. The SMILES string of the molecule is CC(=O)NN1C(=O)/C(=C2\C(=O)N(Cc3ccccc3)c3ccccc32)SC1=S. The molecular weight excluding hydrogens is 394 g/mol. The molecule has 0 saturated carbocycles. The third-order valence-electron chi connectivity index (χ3n) is 4.37. The Labute approximate surface area is 171 Å². The number of carbonyl (C=O) groups is 3. The number of benzene rings is 2. The molecule has 0 atom stereocenters. The smallest absolute Gasteiger partial charge is 0.286 e. The number of rotatable bonds is 3. The molecule has 1 N–H and O–H groups in total. The van der Waals surface area contributed by atoms with Crippen LogP contribution in [0, 0.1) is 0 Å². The van der Waals surface area contributed by atoms with Crippen molar-refractivity contribution in [1.29, 1.82) is 0 Å². The van der Waals surface area contributed by atoms with E-state index in [1.54, 1.807) is 4.90 Å². The summed E-state index contributed by atoms with van der Waals surface area (Å²) in [4.78, 5) is 39.4. The normalized spacial score (nSPS) is 18.7. The van der Waals surface area contributed by atoms with Crippen LogP contribution in [0.25, 0.3) is 5.57 Å². The van der Waals surface area contributed by atoms with Gasteiger partial charge in [0.05, 0.1) is 22.7 Å². The van der Waals surface area contributed by atoms with Crippen LogP contribution in [0.2, 0.25) is 0 Å². The highest BCUT2D eigenvalue weighted by Gasteiger charge is 2.42. The van der Waals surface area contributed by atoms with Crippen molar-refractivity contribution >= 4 is 57.3 Å². The van der Waals surface area contributed by atoms with Crippen LogP contribution >= 0.6 is 24.0 Å². The van der Waals surface area contributed by atoms with Crippen molar-refractivity contribution in [3.8, 4) is 0 Å². The zero-order valence-electron chi connectivity index (χ0n) is 14.8. The molecule has 140 valence electrons. The fourth-order valence-corrected chi connectivity index (χ4v) is 4.45. The highest BCUT2D eigenvalue weighted by atomic mass is 32.2. The van der Waals surface area contributed by atoms with Crippen LogP contribution in [0.3, 0.4) is 0 Å². The zero-order chi connectivity index (χ0) is 19.8. The van der Waals surface area contributed by atoms with Crippen LogP contribution < -0.4 is 10.3 Å². The van der Waals surface area contributed by atoms with Crippen LogP contribution in [0.15, 0.2) is 59.5 Å². The Morgan fingerprint density at radius 3 is 2.43 bits per heavy atom. The van der Waals surface area contributed by atoms with E-state index in [1.807, 2.05) is 54.6 Å². The third kappa shape index (κ3) is 3.10. The molecular formula is C20H15N3O3S2. The number of fused-ring (bicyclic) bond motifs is 1. The van der Waals surface area contributed by atoms with Gasteiger partial charge in [0.1, 0.15) is 0 Å². The molecule has 0 spiro atoms. The van der Waals surface area contributed by atoms with Gasteiger partial charge in [-0.2, -0.15) is 5.01 Å². The number of thioether (sulfide) groups is 1. The summed E-state index contributed by atoms with van der Waals surface area (Å²) >= 11 is 6.24. The van der Waals surface area contributed by atoms with Crippen LogP contribution in [0.1, 0.15) is 18.1 Å². The molecule has 2 aliphatic rings. The van der Waals surface area contributed by atoms with Crippen molar-refractivity contribution in [1.82, 2.24) is 10.4 Å². The molecule has 4 rings (SSSR count). The predicted octanol–water partition coefficient (Wildman–Crippen LogP) is 2.86. The lowest BCUT2D eigenvalue weighted by atomic mass is 10.1. The fraction of sp³-hybridized carbons (Fsp3) is 0.100. The Hall–Kier alpha value is -2.97. The van der Waals surface area contributed by atoms with E-state index in [2.05, 4.69) is 5.43 Å².